The zero-order valence-electron chi connectivity index (χ0n) is 12.0. The fraction of sp³-hybridized carbons (Fsp3) is 0.375. The molecule has 1 unspecified atom stereocenters. The first-order valence-corrected chi connectivity index (χ1v) is 7.58. The summed E-state index contributed by atoms with van der Waals surface area (Å²) in [7, 11) is 1.69. The highest BCUT2D eigenvalue weighted by Gasteiger charge is 2.26. The van der Waals surface area contributed by atoms with Gasteiger partial charge < -0.3 is 10.2 Å². The molecule has 1 aliphatic rings. The summed E-state index contributed by atoms with van der Waals surface area (Å²) in [6, 6.07) is 10.0. The molecule has 4 nitrogen and oxygen atoms in total. The normalized spacial score (nSPS) is 18.8. The second-order valence-electron chi connectivity index (χ2n) is 5.39. The molecule has 1 N–H and O–H groups in total. The van der Waals surface area contributed by atoms with Crippen molar-refractivity contribution < 1.29 is 4.79 Å². The number of hydrogen-bond acceptors (Lipinski definition) is 3. The molecule has 21 heavy (non-hydrogen) atoms. The molecule has 1 atom stereocenters. The van der Waals surface area contributed by atoms with Gasteiger partial charge in [-0.05, 0) is 24.3 Å². The molecule has 2 heterocycles. The molecule has 3 rings (SSSR count). The van der Waals surface area contributed by atoms with E-state index in [1.54, 1.807) is 7.05 Å². The van der Waals surface area contributed by atoms with Gasteiger partial charge in [-0.1, -0.05) is 35.9 Å². The van der Waals surface area contributed by atoms with E-state index in [1.807, 2.05) is 30.3 Å². The molecule has 5 heteroatoms. The van der Waals surface area contributed by atoms with Crippen LogP contribution < -0.4 is 10.2 Å². The average molecular weight is 304 g/mol. The Bertz CT molecular complexity index is 674. The summed E-state index contributed by atoms with van der Waals surface area (Å²) in [4.78, 5) is 18.5. The van der Waals surface area contributed by atoms with Gasteiger partial charge >= 0.3 is 0 Å². The second-order valence-corrected chi connectivity index (χ2v) is 5.75. The highest BCUT2D eigenvalue weighted by Crippen LogP contribution is 2.28. The molecule has 0 saturated carbocycles. The topological polar surface area (TPSA) is 45.2 Å². The number of fused-ring (bicyclic) bond motifs is 1. The van der Waals surface area contributed by atoms with Gasteiger partial charge in [0.05, 0.1) is 5.92 Å². The van der Waals surface area contributed by atoms with E-state index in [2.05, 4.69) is 15.2 Å². The lowest BCUT2D eigenvalue weighted by atomic mass is 9.97. The first-order chi connectivity index (χ1) is 10.2. The molecule has 1 aliphatic heterocycles. The van der Waals surface area contributed by atoms with Crippen molar-refractivity contribution in [3.05, 3.63) is 35.5 Å². The Morgan fingerprint density at radius 3 is 3.05 bits per heavy atom. The van der Waals surface area contributed by atoms with Crippen LogP contribution in [0.1, 0.15) is 12.8 Å². The number of anilines is 1. The van der Waals surface area contributed by atoms with Crippen molar-refractivity contribution in [2.45, 2.75) is 12.8 Å². The van der Waals surface area contributed by atoms with Crippen molar-refractivity contribution in [3.63, 3.8) is 0 Å². The van der Waals surface area contributed by atoms with E-state index < -0.39 is 0 Å². The van der Waals surface area contributed by atoms with Crippen molar-refractivity contribution >= 4 is 34.1 Å². The van der Waals surface area contributed by atoms with Gasteiger partial charge in [-0.25, -0.2) is 4.98 Å². The molecule has 1 fully saturated rings. The third-order valence-corrected chi connectivity index (χ3v) is 4.33. The van der Waals surface area contributed by atoms with E-state index in [0.29, 0.717) is 11.7 Å². The highest BCUT2D eigenvalue weighted by molar-refractivity contribution is 6.34. The average Bonchev–Trinajstić information content (AvgIpc) is 2.54. The fourth-order valence-corrected chi connectivity index (χ4v) is 3.17. The molecule has 1 amide bonds. The molecular weight excluding hydrogens is 286 g/mol. The van der Waals surface area contributed by atoms with Crippen LogP contribution in [0.2, 0.25) is 5.15 Å². The Morgan fingerprint density at radius 1 is 1.43 bits per heavy atom. The predicted octanol–water partition coefficient (Wildman–Crippen LogP) is 2.85. The number of halogens is 1. The van der Waals surface area contributed by atoms with Crippen molar-refractivity contribution in [3.8, 4) is 0 Å². The van der Waals surface area contributed by atoms with Crippen molar-refractivity contribution in [1.82, 2.24) is 10.3 Å². The minimum atomic E-state index is 0.0239. The zero-order chi connectivity index (χ0) is 14.8. The number of amides is 1. The second kappa shape index (κ2) is 5.90. The molecule has 2 aromatic rings. The molecule has 1 aromatic carbocycles. The van der Waals surface area contributed by atoms with Gasteiger partial charge in [-0.15, -0.1) is 0 Å². The summed E-state index contributed by atoms with van der Waals surface area (Å²) in [5.41, 5.74) is 0. The van der Waals surface area contributed by atoms with Crippen LogP contribution in [-0.2, 0) is 4.79 Å². The number of benzene rings is 1. The standard InChI is InChI=1S/C16H18ClN3O/c1-18-16(21)12-6-4-8-20(10-12)14-9-11-5-2-3-7-13(11)15(17)19-14/h2-3,5,7,9,12H,4,6,8,10H2,1H3,(H,18,21). The lowest BCUT2D eigenvalue weighted by molar-refractivity contribution is -0.124. The van der Waals surface area contributed by atoms with Crippen LogP contribution in [-0.4, -0.2) is 31.0 Å². The Morgan fingerprint density at radius 2 is 2.24 bits per heavy atom. The van der Waals surface area contributed by atoms with Gasteiger partial charge in [0.1, 0.15) is 11.0 Å². The minimum Gasteiger partial charge on any atom is -0.359 e. The van der Waals surface area contributed by atoms with E-state index in [-0.39, 0.29) is 11.8 Å². The lowest BCUT2D eigenvalue weighted by Crippen LogP contribution is -2.42. The smallest absolute Gasteiger partial charge is 0.224 e. The number of piperidine rings is 1. The fourth-order valence-electron chi connectivity index (χ4n) is 2.91. The van der Waals surface area contributed by atoms with E-state index in [9.17, 15) is 4.79 Å². The Balaban J connectivity index is 1.91. The molecular formula is C16H18ClN3O. The van der Waals surface area contributed by atoms with Crippen LogP contribution in [0, 0.1) is 5.92 Å². The van der Waals surface area contributed by atoms with Crippen molar-refractivity contribution in [2.24, 2.45) is 5.92 Å². The molecule has 110 valence electrons. The highest BCUT2D eigenvalue weighted by atomic mass is 35.5. The van der Waals surface area contributed by atoms with Gasteiger partial charge in [-0.2, -0.15) is 0 Å². The molecule has 0 aliphatic carbocycles. The number of pyridine rings is 1. The molecule has 0 spiro atoms. The maximum absolute atomic E-state index is 11.8. The summed E-state index contributed by atoms with van der Waals surface area (Å²) in [5.74, 6) is 0.981. The van der Waals surface area contributed by atoms with E-state index in [0.717, 1.165) is 36.0 Å². The van der Waals surface area contributed by atoms with Gasteiger partial charge in [0.2, 0.25) is 5.91 Å². The zero-order valence-corrected chi connectivity index (χ0v) is 12.7. The van der Waals surface area contributed by atoms with Crippen LogP contribution in [0.3, 0.4) is 0 Å². The predicted molar refractivity (Wildman–Crippen MR) is 85.8 cm³/mol. The van der Waals surface area contributed by atoms with Crippen LogP contribution >= 0.6 is 11.6 Å². The third-order valence-electron chi connectivity index (χ3n) is 4.04. The molecule has 1 saturated heterocycles. The maximum Gasteiger partial charge on any atom is 0.224 e. The van der Waals surface area contributed by atoms with Crippen LogP contribution in [0.15, 0.2) is 30.3 Å². The monoisotopic (exact) mass is 303 g/mol. The number of carbonyl (C=O) groups excluding carboxylic acids is 1. The Labute approximate surface area is 129 Å². The van der Waals surface area contributed by atoms with E-state index in [4.69, 9.17) is 11.6 Å². The number of carbonyl (C=O) groups is 1. The van der Waals surface area contributed by atoms with Gasteiger partial charge in [0.25, 0.3) is 0 Å². The first kappa shape index (κ1) is 14.1. The summed E-state index contributed by atoms with van der Waals surface area (Å²) >= 11 is 6.29. The minimum absolute atomic E-state index is 0.0239. The Hall–Kier alpha value is -1.81. The van der Waals surface area contributed by atoms with Gasteiger partial charge in [0.15, 0.2) is 0 Å². The largest absolute Gasteiger partial charge is 0.359 e. The first-order valence-electron chi connectivity index (χ1n) is 7.21. The van der Waals surface area contributed by atoms with Gasteiger partial charge in [-0.3, -0.25) is 4.79 Å². The van der Waals surface area contributed by atoms with Crippen molar-refractivity contribution in [1.29, 1.82) is 0 Å². The summed E-state index contributed by atoms with van der Waals surface area (Å²) < 4.78 is 0. The number of hydrogen-bond donors (Lipinski definition) is 1. The molecule has 0 radical (unpaired) electrons. The summed E-state index contributed by atoms with van der Waals surface area (Å²) in [5, 5.41) is 5.29. The summed E-state index contributed by atoms with van der Waals surface area (Å²) in [6.07, 6.45) is 1.92. The van der Waals surface area contributed by atoms with E-state index in [1.165, 1.54) is 0 Å². The maximum atomic E-state index is 11.8. The van der Waals surface area contributed by atoms with Crippen LogP contribution in [0.5, 0.6) is 0 Å². The number of nitrogens with one attached hydrogen (secondary N) is 1. The van der Waals surface area contributed by atoms with Crippen molar-refractivity contribution in [2.75, 3.05) is 25.0 Å². The van der Waals surface area contributed by atoms with Gasteiger partial charge in [0, 0.05) is 25.5 Å². The number of nitrogens with zero attached hydrogens (tertiary/aromatic N) is 2. The SMILES string of the molecule is CNC(=O)C1CCCN(c2cc3ccccc3c(Cl)n2)C1. The van der Waals surface area contributed by atoms with E-state index >= 15 is 0 Å². The number of rotatable bonds is 2. The summed E-state index contributed by atoms with van der Waals surface area (Å²) in [6.45, 7) is 1.61. The Kier molecular flexibility index (Phi) is 3.97. The third kappa shape index (κ3) is 2.81. The lowest BCUT2D eigenvalue weighted by Gasteiger charge is -2.32. The molecule has 1 aromatic heterocycles. The van der Waals surface area contributed by atoms with Crippen LogP contribution in [0.25, 0.3) is 10.8 Å². The number of aromatic nitrogens is 1. The quantitative estimate of drug-likeness (QED) is 0.868. The van der Waals surface area contributed by atoms with Crippen LogP contribution in [0.4, 0.5) is 5.82 Å². The molecule has 0 bridgehead atoms.